The fourth-order valence-electron chi connectivity index (χ4n) is 2.89. The van der Waals surface area contributed by atoms with Crippen LogP contribution in [0.1, 0.15) is 31.7 Å². The molecule has 0 saturated heterocycles. The van der Waals surface area contributed by atoms with Gasteiger partial charge in [-0.2, -0.15) is 30.4 Å². The van der Waals surface area contributed by atoms with Crippen molar-refractivity contribution in [2.75, 3.05) is 6.54 Å². The van der Waals surface area contributed by atoms with Gasteiger partial charge in [-0.1, -0.05) is 32.4 Å². The molecule has 26 heavy (non-hydrogen) atoms. The molecule has 1 aromatic carbocycles. The van der Waals surface area contributed by atoms with E-state index < -0.39 is 0 Å². The first-order chi connectivity index (χ1) is 11.6. The normalized spacial score (nSPS) is 18.2. The Hall–Kier alpha value is -0.190. The molecular formula is C22H30N2Na2. The minimum absolute atomic E-state index is 0. The van der Waals surface area contributed by atoms with Crippen molar-refractivity contribution in [2.24, 2.45) is 17.6 Å². The van der Waals surface area contributed by atoms with Crippen molar-refractivity contribution in [2.45, 2.75) is 26.2 Å². The summed E-state index contributed by atoms with van der Waals surface area (Å²) < 4.78 is 0. The number of hydrogen-bond donors (Lipinski definition) is 2. The molecule has 2 nitrogen and oxygen atoms in total. The first kappa shape index (κ1) is 28.0. The molecule has 2 rings (SSSR count). The molecule has 1 saturated carbocycles. The maximum absolute atomic E-state index is 5.22. The van der Waals surface area contributed by atoms with E-state index >= 15 is 0 Å². The zero-order valence-electron chi connectivity index (χ0n) is 16.8. The molecule has 4 heteroatoms. The summed E-state index contributed by atoms with van der Waals surface area (Å²) in [5.74, 6) is 1.40. The summed E-state index contributed by atoms with van der Waals surface area (Å²) in [6, 6.07) is 9.80. The van der Waals surface area contributed by atoms with Crippen LogP contribution < -0.4 is 70.2 Å². The van der Waals surface area contributed by atoms with Gasteiger partial charge in [0.1, 0.15) is 0 Å². The Balaban J connectivity index is 0. The third-order valence-corrected chi connectivity index (χ3v) is 4.35. The molecular weight excluding hydrogens is 338 g/mol. The Morgan fingerprint density at radius 3 is 2.38 bits per heavy atom. The van der Waals surface area contributed by atoms with E-state index in [0.717, 1.165) is 29.3 Å². The molecule has 3 N–H and O–H groups in total. The van der Waals surface area contributed by atoms with Crippen LogP contribution >= 0.6 is 0 Å². The van der Waals surface area contributed by atoms with E-state index in [1.807, 2.05) is 36.4 Å². The number of nitrogens with one attached hydrogen (secondary N) is 1. The molecule has 2 atom stereocenters. The van der Waals surface area contributed by atoms with Crippen molar-refractivity contribution in [1.29, 1.82) is 0 Å². The summed E-state index contributed by atoms with van der Waals surface area (Å²) in [7, 11) is 0. The Labute approximate surface area is 204 Å². The van der Waals surface area contributed by atoms with Crippen molar-refractivity contribution in [3.8, 4) is 0 Å². The molecule has 1 fully saturated rings. The quantitative estimate of drug-likeness (QED) is 0.360. The molecule has 0 spiro atoms. The summed E-state index contributed by atoms with van der Waals surface area (Å²) in [6.07, 6.45) is 10.5. The maximum Gasteiger partial charge on any atom is 1.00 e. The van der Waals surface area contributed by atoms with E-state index in [1.165, 1.54) is 19.3 Å². The average molecular weight is 368 g/mol. The van der Waals surface area contributed by atoms with Crippen molar-refractivity contribution in [3.05, 3.63) is 91.7 Å². The van der Waals surface area contributed by atoms with Gasteiger partial charge in [-0.05, 0) is 12.3 Å². The first-order valence-corrected chi connectivity index (χ1v) is 8.49. The Kier molecular flexibility index (Phi) is 18.3. The van der Waals surface area contributed by atoms with E-state index in [2.05, 4.69) is 38.1 Å². The second kappa shape index (κ2) is 16.9. The van der Waals surface area contributed by atoms with Crippen LogP contribution in [0.5, 0.6) is 0 Å². The Morgan fingerprint density at radius 2 is 1.96 bits per heavy atom. The molecule has 1 aliphatic rings. The molecule has 0 amide bonds. The SMILES string of the molecule is C=[C-]/C(=C\C=C)CNC(=C)C1CCCC1C.N[CH-]c1ccccc1.[Na+].[Na+]. The molecule has 0 radical (unpaired) electrons. The van der Waals surface area contributed by atoms with Crippen molar-refractivity contribution < 1.29 is 59.1 Å². The summed E-state index contributed by atoms with van der Waals surface area (Å²) in [6.45, 7) is 16.1. The van der Waals surface area contributed by atoms with Gasteiger partial charge in [0.25, 0.3) is 0 Å². The van der Waals surface area contributed by atoms with Crippen molar-refractivity contribution in [1.82, 2.24) is 5.32 Å². The van der Waals surface area contributed by atoms with Crippen LogP contribution in [0.25, 0.3) is 0 Å². The summed E-state index contributed by atoms with van der Waals surface area (Å²) in [5.41, 5.74) is 8.48. The van der Waals surface area contributed by atoms with E-state index in [0.29, 0.717) is 5.92 Å². The van der Waals surface area contributed by atoms with Crippen LogP contribution in [0.15, 0.2) is 73.5 Å². The zero-order chi connectivity index (χ0) is 17.8. The van der Waals surface area contributed by atoms with Gasteiger partial charge in [0.15, 0.2) is 0 Å². The second-order valence-corrected chi connectivity index (χ2v) is 6.08. The van der Waals surface area contributed by atoms with Crippen LogP contribution in [0.3, 0.4) is 0 Å². The average Bonchev–Trinajstić information content (AvgIpc) is 3.05. The largest absolute Gasteiger partial charge is 1.00 e. The third-order valence-electron chi connectivity index (χ3n) is 4.35. The van der Waals surface area contributed by atoms with E-state index in [4.69, 9.17) is 5.73 Å². The topological polar surface area (TPSA) is 38.0 Å². The summed E-state index contributed by atoms with van der Waals surface area (Å²) in [4.78, 5) is 0. The van der Waals surface area contributed by atoms with Crippen molar-refractivity contribution in [3.63, 3.8) is 0 Å². The minimum atomic E-state index is 0. The van der Waals surface area contributed by atoms with Gasteiger partial charge in [0.2, 0.25) is 0 Å². The standard InChI is InChI=1S/C15H22N.C7H8N.2Na/c1-5-8-14(6-2)11-16-13(4)15-10-7-9-12(15)3;8-6-7-4-2-1-3-5-7;;/h5,8,12,15-16H,1-2,4,7,9-11H2,3H3;1-6H,8H2;;/q2*-1;2*+1/b14-8+;;;. The van der Waals surface area contributed by atoms with E-state index in [1.54, 1.807) is 12.6 Å². The molecule has 0 bridgehead atoms. The van der Waals surface area contributed by atoms with E-state index in [9.17, 15) is 0 Å². The smallest absolute Gasteiger partial charge is 0.388 e. The van der Waals surface area contributed by atoms with Gasteiger partial charge in [-0.25, -0.2) is 11.6 Å². The van der Waals surface area contributed by atoms with Gasteiger partial charge >= 0.3 is 59.1 Å². The predicted octanol–water partition coefficient (Wildman–Crippen LogP) is -1.21. The number of benzene rings is 1. The fraction of sp³-hybridized carbons (Fsp3) is 0.318. The minimum Gasteiger partial charge on any atom is -0.388 e. The first-order valence-electron chi connectivity index (χ1n) is 8.49. The molecule has 1 aromatic rings. The predicted molar refractivity (Wildman–Crippen MR) is 105 cm³/mol. The summed E-state index contributed by atoms with van der Waals surface area (Å²) in [5, 5.41) is 3.38. The molecule has 2 unspecified atom stereocenters. The van der Waals surface area contributed by atoms with Gasteiger partial charge < -0.3 is 11.1 Å². The zero-order valence-corrected chi connectivity index (χ0v) is 20.8. The fourth-order valence-corrected chi connectivity index (χ4v) is 2.89. The molecule has 0 aromatic heterocycles. The number of allylic oxidation sites excluding steroid dienone is 3. The van der Waals surface area contributed by atoms with Gasteiger partial charge in [-0.3, -0.25) is 6.08 Å². The van der Waals surface area contributed by atoms with E-state index in [-0.39, 0.29) is 59.1 Å². The molecule has 0 heterocycles. The van der Waals surface area contributed by atoms with Crippen LogP contribution in [0.2, 0.25) is 0 Å². The van der Waals surface area contributed by atoms with Gasteiger partial charge in [0, 0.05) is 18.2 Å². The van der Waals surface area contributed by atoms with Crippen molar-refractivity contribution >= 4 is 0 Å². The molecule has 130 valence electrons. The second-order valence-electron chi connectivity index (χ2n) is 6.08. The van der Waals surface area contributed by atoms with Crippen LogP contribution in [-0.2, 0) is 0 Å². The Morgan fingerprint density at radius 1 is 1.31 bits per heavy atom. The Bertz CT molecular complexity index is 553. The van der Waals surface area contributed by atoms with Gasteiger partial charge in [0.05, 0.1) is 0 Å². The van der Waals surface area contributed by atoms with Crippen LogP contribution in [0.4, 0.5) is 0 Å². The van der Waals surface area contributed by atoms with Gasteiger partial charge in [-0.15, -0.1) is 25.3 Å². The number of nitrogens with two attached hydrogens (primary N) is 1. The molecule has 0 aliphatic heterocycles. The number of hydrogen-bond acceptors (Lipinski definition) is 2. The third kappa shape index (κ3) is 10.8. The maximum atomic E-state index is 5.22. The van der Waals surface area contributed by atoms with Crippen LogP contribution in [0, 0.1) is 24.5 Å². The number of rotatable bonds is 7. The van der Waals surface area contributed by atoms with Crippen LogP contribution in [-0.4, -0.2) is 6.54 Å². The monoisotopic (exact) mass is 368 g/mol. The molecule has 1 aliphatic carbocycles. The summed E-state index contributed by atoms with van der Waals surface area (Å²) >= 11 is 0.